The summed E-state index contributed by atoms with van der Waals surface area (Å²) in [6, 6.07) is 25.4. The maximum Gasteiger partial charge on any atom is 0.273 e. The van der Waals surface area contributed by atoms with Gasteiger partial charge in [-0.25, -0.2) is 8.42 Å². The molecule has 0 aliphatic heterocycles. The number of nitro benzene ring substituents is 1. The first kappa shape index (κ1) is 33.7. The number of hydrogen-bond acceptors (Lipinski definition) is 7. The van der Waals surface area contributed by atoms with Gasteiger partial charge in [0.2, 0.25) is 11.8 Å². The molecule has 4 aromatic rings. The van der Waals surface area contributed by atoms with E-state index in [1.54, 1.807) is 12.1 Å². The van der Waals surface area contributed by atoms with Gasteiger partial charge in [0.05, 0.1) is 22.6 Å². The number of likely N-dealkylation sites (N-methyl/N-ethyl adjacent to an activating group) is 1. The van der Waals surface area contributed by atoms with E-state index in [4.69, 9.17) is 4.74 Å². The number of carbonyl (C=O) groups is 2. The standard InChI is InChI=1S/C34H36N4O7S/c1-24-10-13-27(14-11-24)22-36(32(34(40)35-3)20-26-8-6-5-7-9-26)33(39)23-37(28-15-17-29(45-4)18-16-28)46(43,44)30-19-12-25(2)31(21-30)38(41)42/h5-19,21,32H,20,22-23H2,1-4H3,(H,35,40)/t32-/m1/s1. The Balaban J connectivity index is 1.82. The van der Waals surface area contributed by atoms with Crippen molar-refractivity contribution in [3.63, 3.8) is 0 Å². The summed E-state index contributed by atoms with van der Waals surface area (Å²) in [4.78, 5) is 39.8. The van der Waals surface area contributed by atoms with Gasteiger partial charge in [-0.15, -0.1) is 0 Å². The minimum absolute atomic E-state index is 0.0243. The summed E-state index contributed by atoms with van der Waals surface area (Å²) in [7, 11) is -1.58. The lowest BCUT2D eigenvalue weighted by Crippen LogP contribution is -2.53. The number of anilines is 1. The van der Waals surface area contributed by atoms with Crippen LogP contribution in [0.15, 0.2) is 102 Å². The molecule has 0 radical (unpaired) electrons. The normalized spacial score (nSPS) is 11.7. The third-order valence-electron chi connectivity index (χ3n) is 7.60. The van der Waals surface area contributed by atoms with Crippen molar-refractivity contribution >= 4 is 33.2 Å². The predicted molar refractivity (Wildman–Crippen MR) is 175 cm³/mol. The van der Waals surface area contributed by atoms with E-state index in [-0.39, 0.29) is 34.8 Å². The van der Waals surface area contributed by atoms with Crippen LogP contribution in [0.2, 0.25) is 0 Å². The molecule has 12 heteroatoms. The van der Waals surface area contributed by atoms with E-state index >= 15 is 0 Å². The molecule has 0 fully saturated rings. The molecule has 0 aliphatic rings. The number of rotatable bonds is 13. The Labute approximate surface area is 268 Å². The zero-order chi connectivity index (χ0) is 33.4. The molecule has 2 amide bonds. The van der Waals surface area contributed by atoms with Crippen molar-refractivity contribution in [3.8, 4) is 5.75 Å². The van der Waals surface area contributed by atoms with Crippen molar-refractivity contribution in [1.29, 1.82) is 0 Å². The van der Waals surface area contributed by atoms with Gasteiger partial charge in [-0.3, -0.25) is 24.0 Å². The van der Waals surface area contributed by atoms with E-state index in [9.17, 15) is 28.1 Å². The van der Waals surface area contributed by atoms with Crippen LogP contribution in [0.4, 0.5) is 11.4 Å². The van der Waals surface area contributed by atoms with Crippen LogP contribution in [0.3, 0.4) is 0 Å². The van der Waals surface area contributed by atoms with Crippen molar-refractivity contribution in [2.75, 3.05) is 25.0 Å². The SMILES string of the molecule is CNC(=O)[C@@H](Cc1ccccc1)N(Cc1ccc(C)cc1)C(=O)CN(c1ccc(OC)cc1)S(=O)(=O)c1ccc(C)c([N+](=O)[O-])c1. The molecule has 0 saturated heterocycles. The Morgan fingerprint density at radius 2 is 1.57 bits per heavy atom. The number of carbonyl (C=O) groups excluding carboxylic acids is 2. The molecular formula is C34H36N4O7S. The van der Waals surface area contributed by atoms with Crippen LogP contribution in [0.1, 0.15) is 22.3 Å². The highest BCUT2D eigenvalue weighted by molar-refractivity contribution is 7.92. The molecule has 11 nitrogen and oxygen atoms in total. The smallest absolute Gasteiger partial charge is 0.273 e. The van der Waals surface area contributed by atoms with Crippen LogP contribution in [-0.4, -0.2) is 56.8 Å². The van der Waals surface area contributed by atoms with Crippen molar-refractivity contribution in [2.45, 2.75) is 37.8 Å². The maximum absolute atomic E-state index is 14.4. The first-order valence-electron chi connectivity index (χ1n) is 14.5. The fraction of sp³-hybridized carbons (Fsp3) is 0.235. The number of amides is 2. The van der Waals surface area contributed by atoms with Crippen molar-refractivity contribution in [3.05, 3.63) is 129 Å². The molecule has 0 aromatic heterocycles. The average Bonchev–Trinajstić information content (AvgIpc) is 3.06. The van der Waals surface area contributed by atoms with E-state index in [1.807, 2.05) is 61.5 Å². The molecule has 4 rings (SSSR count). The molecule has 0 spiro atoms. The van der Waals surface area contributed by atoms with Crippen molar-refractivity contribution < 1.29 is 27.7 Å². The second-order valence-electron chi connectivity index (χ2n) is 10.7. The quantitative estimate of drug-likeness (QED) is 0.163. The van der Waals surface area contributed by atoms with E-state index < -0.39 is 39.3 Å². The van der Waals surface area contributed by atoms with Gasteiger partial charge in [0.1, 0.15) is 18.3 Å². The summed E-state index contributed by atoms with van der Waals surface area (Å²) >= 11 is 0. The molecule has 0 unspecified atom stereocenters. The second-order valence-corrected chi connectivity index (χ2v) is 12.6. The number of nitro groups is 1. The van der Waals surface area contributed by atoms with Gasteiger partial charge in [-0.05, 0) is 55.3 Å². The molecule has 0 saturated carbocycles. The van der Waals surface area contributed by atoms with Gasteiger partial charge in [-0.2, -0.15) is 0 Å². The highest BCUT2D eigenvalue weighted by atomic mass is 32.2. The summed E-state index contributed by atoms with van der Waals surface area (Å²) in [5.41, 5.74) is 2.61. The Bertz CT molecular complexity index is 1800. The summed E-state index contributed by atoms with van der Waals surface area (Å²) < 4.78 is 34.5. The molecule has 1 N–H and O–H groups in total. The Kier molecular flexibility index (Phi) is 10.8. The summed E-state index contributed by atoms with van der Waals surface area (Å²) in [6.07, 6.45) is 0.178. The molecule has 46 heavy (non-hydrogen) atoms. The van der Waals surface area contributed by atoms with Gasteiger partial charge in [0.15, 0.2) is 0 Å². The first-order valence-corrected chi connectivity index (χ1v) is 15.9. The molecule has 240 valence electrons. The van der Waals surface area contributed by atoms with Crippen LogP contribution < -0.4 is 14.4 Å². The van der Waals surface area contributed by atoms with Gasteiger partial charge in [0.25, 0.3) is 15.7 Å². The predicted octanol–water partition coefficient (Wildman–Crippen LogP) is 4.80. The van der Waals surface area contributed by atoms with Crippen LogP contribution in [0.5, 0.6) is 5.75 Å². The number of methoxy groups -OCH3 is 1. The lowest BCUT2D eigenvalue weighted by molar-refractivity contribution is -0.385. The van der Waals surface area contributed by atoms with Crippen LogP contribution in [0, 0.1) is 24.0 Å². The zero-order valence-corrected chi connectivity index (χ0v) is 26.9. The number of nitrogens with one attached hydrogen (secondary N) is 1. The molecular weight excluding hydrogens is 608 g/mol. The highest BCUT2D eigenvalue weighted by Crippen LogP contribution is 2.30. The lowest BCUT2D eigenvalue weighted by atomic mass is 10.0. The van der Waals surface area contributed by atoms with Gasteiger partial charge < -0.3 is 15.0 Å². The van der Waals surface area contributed by atoms with Crippen LogP contribution in [-0.2, 0) is 32.6 Å². The summed E-state index contributed by atoms with van der Waals surface area (Å²) in [5, 5.41) is 14.3. The third kappa shape index (κ3) is 7.88. The van der Waals surface area contributed by atoms with Gasteiger partial charge in [0, 0.05) is 31.6 Å². The first-order chi connectivity index (χ1) is 21.9. The molecule has 4 aromatic carbocycles. The van der Waals surface area contributed by atoms with E-state index in [0.717, 1.165) is 27.1 Å². The number of ether oxygens (including phenoxy) is 1. The fourth-order valence-electron chi connectivity index (χ4n) is 4.96. The summed E-state index contributed by atoms with van der Waals surface area (Å²) in [5.74, 6) is -0.606. The second kappa shape index (κ2) is 14.7. The topological polar surface area (TPSA) is 139 Å². The van der Waals surface area contributed by atoms with E-state index in [1.165, 1.54) is 50.2 Å². The van der Waals surface area contributed by atoms with Crippen molar-refractivity contribution in [1.82, 2.24) is 10.2 Å². The van der Waals surface area contributed by atoms with Crippen LogP contribution in [0.25, 0.3) is 0 Å². The van der Waals surface area contributed by atoms with Gasteiger partial charge >= 0.3 is 0 Å². The largest absolute Gasteiger partial charge is 0.497 e. The number of aryl methyl sites for hydroxylation is 2. The molecule has 0 bridgehead atoms. The summed E-state index contributed by atoms with van der Waals surface area (Å²) in [6.45, 7) is 2.78. The third-order valence-corrected chi connectivity index (χ3v) is 9.37. The fourth-order valence-corrected chi connectivity index (χ4v) is 6.40. The zero-order valence-electron chi connectivity index (χ0n) is 26.0. The number of hydrogen-bond donors (Lipinski definition) is 1. The van der Waals surface area contributed by atoms with E-state index in [2.05, 4.69) is 5.32 Å². The Hall–Kier alpha value is -5.23. The van der Waals surface area contributed by atoms with Crippen molar-refractivity contribution in [2.24, 2.45) is 0 Å². The number of benzene rings is 4. The Morgan fingerprint density at radius 3 is 2.15 bits per heavy atom. The minimum Gasteiger partial charge on any atom is -0.497 e. The highest BCUT2D eigenvalue weighted by Gasteiger charge is 2.35. The Morgan fingerprint density at radius 1 is 0.913 bits per heavy atom. The van der Waals surface area contributed by atoms with Gasteiger partial charge in [-0.1, -0.05) is 66.2 Å². The lowest BCUT2D eigenvalue weighted by Gasteiger charge is -2.33. The van der Waals surface area contributed by atoms with E-state index in [0.29, 0.717) is 5.75 Å². The molecule has 0 aliphatic carbocycles. The number of sulfonamides is 1. The maximum atomic E-state index is 14.4. The monoisotopic (exact) mass is 644 g/mol. The average molecular weight is 645 g/mol. The molecule has 1 atom stereocenters. The minimum atomic E-state index is -4.52. The number of nitrogens with zero attached hydrogens (tertiary/aromatic N) is 3. The molecule has 0 heterocycles. The van der Waals surface area contributed by atoms with Crippen LogP contribution >= 0.6 is 0 Å².